The van der Waals surface area contributed by atoms with E-state index in [2.05, 4.69) is 0 Å². The van der Waals surface area contributed by atoms with Crippen molar-refractivity contribution in [1.82, 2.24) is 4.90 Å². The third-order valence-corrected chi connectivity index (χ3v) is 4.20. The zero-order valence-corrected chi connectivity index (χ0v) is 14.4. The minimum absolute atomic E-state index is 0.0666. The predicted molar refractivity (Wildman–Crippen MR) is 96.4 cm³/mol. The Morgan fingerprint density at radius 1 is 1.08 bits per heavy atom. The second kappa shape index (κ2) is 6.13. The molecule has 0 aliphatic heterocycles. The van der Waals surface area contributed by atoms with Gasteiger partial charge in [0.2, 0.25) is 5.43 Å². The average Bonchev–Trinajstić information content (AvgIpc) is 2.52. The van der Waals surface area contributed by atoms with Gasteiger partial charge in [-0.3, -0.25) is 4.79 Å². The molecule has 0 bridgehead atoms. The highest BCUT2D eigenvalue weighted by atomic mass is 16.3. The van der Waals surface area contributed by atoms with Gasteiger partial charge in [-0.25, -0.2) is 0 Å². The monoisotopic (exact) mass is 323 g/mol. The Balaban J connectivity index is 2.36. The quantitative estimate of drug-likeness (QED) is 0.795. The van der Waals surface area contributed by atoms with Crippen LogP contribution in [0.4, 0.5) is 0 Å². The van der Waals surface area contributed by atoms with Crippen LogP contribution in [0.5, 0.6) is 5.75 Å². The highest BCUT2D eigenvalue weighted by Crippen LogP contribution is 2.31. The summed E-state index contributed by atoms with van der Waals surface area (Å²) < 4.78 is 6.01. The molecule has 4 heteroatoms. The van der Waals surface area contributed by atoms with E-state index < -0.39 is 0 Å². The van der Waals surface area contributed by atoms with Gasteiger partial charge >= 0.3 is 0 Å². The number of hydrogen-bond acceptors (Lipinski definition) is 4. The largest absolute Gasteiger partial charge is 0.507 e. The van der Waals surface area contributed by atoms with E-state index in [4.69, 9.17) is 4.42 Å². The van der Waals surface area contributed by atoms with Crippen molar-refractivity contribution in [2.24, 2.45) is 0 Å². The summed E-state index contributed by atoms with van der Waals surface area (Å²) >= 11 is 0. The molecule has 0 saturated heterocycles. The maximum Gasteiger partial charge on any atom is 0.200 e. The van der Waals surface area contributed by atoms with Crippen molar-refractivity contribution in [1.29, 1.82) is 0 Å². The molecule has 1 heterocycles. The number of aryl methyl sites for hydroxylation is 2. The molecule has 3 aromatic rings. The van der Waals surface area contributed by atoms with Gasteiger partial charge < -0.3 is 14.4 Å². The van der Waals surface area contributed by atoms with Crippen molar-refractivity contribution in [3.8, 4) is 16.9 Å². The zero-order chi connectivity index (χ0) is 17.4. The second-order valence-corrected chi connectivity index (χ2v) is 6.36. The predicted octanol–water partition coefficient (Wildman–Crippen LogP) is 3.84. The lowest BCUT2D eigenvalue weighted by molar-refractivity contribution is 0.383. The van der Waals surface area contributed by atoms with Crippen molar-refractivity contribution in [3.63, 3.8) is 0 Å². The summed E-state index contributed by atoms with van der Waals surface area (Å²) in [5.41, 5.74) is 3.52. The van der Waals surface area contributed by atoms with Gasteiger partial charge in [-0.2, -0.15) is 0 Å². The summed E-state index contributed by atoms with van der Waals surface area (Å²) in [6.45, 7) is 4.27. The van der Waals surface area contributed by atoms with Crippen LogP contribution >= 0.6 is 0 Å². The molecule has 0 saturated carbocycles. The van der Waals surface area contributed by atoms with E-state index in [-0.39, 0.29) is 11.2 Å². The Morgan fingerprint density at radius 3 is 2.46 bits per heavy atom. The van der Waals surface area contributed by atoms with Crippen LogP contribution < -0.4 is 5.43 Å². The maximum absolute atomic E-state index is 13.1. The fourth-order valence-electron chi connectivity index (χ4n) is 3.05. The number of rotatable bonds is 3. The standard InChI is InChI=1S/C20H21NO3/c1-12-7-5-6-8-14(12)18-13(2)24-20-15(19(18)23)9-10-17(22)16(20)11-21(3)4/h5-10,22H,11H2,1-4H3. The maximum atomic E-state index is 13.1. The normalized spacial score (nSPS) is 11.4. The van der Waals surface area contributed by atoms with E-state index >= 15 is 0 Å². The smallest absolute Gasteiger partial charge is 0.200 e. The highest BCUT2D eigenvalue weighted by Gasteiger charge is 2.18. The van der Waals surface area contributed by atoms with Crippen molar-refractivity contribution in [2.45, 2.75) is 20.4 Å². The van der Waals surface area contributed by atoms with Crippen LogP contribution in [0.2, 0.25) is 0 Å². The van der Waals surface area contributed by atoms with Gasteiger partial charge in [-0.05, 0) is 51.2 Å². The molecule has 0 radical (unpaired) electrons. The number of benzene rings is 2. The molecule has 0 aliphatic carbocycles. The molecule has 0 unspecified atom stereocenters. The first-order chi connectivity index (χ1) is 11.4. The number of nitrogens with zero attached hydrogens (tertiary/aromatic N) is 1. The molecule has 1 N–H and O–H groups in total. The molecule has 4 nitrogen and oxygen atoms in total. The topological polar surface area (TPSA) is 53.7 Å². The van der Waals surface area contributed by atoms with Crippen molar-refractivity contribution in [2.75, 3.05) is 14.1 Å². The van der Waals surface area contributed by atoms with Crippen molar-refractivity contribution >= 4 is 11.0 Å². The number of fused-ring (bicyclic) bond motifs is 1. The van der Waals surface area contributed by atoms with Gasteiger partial charge in [0, 0.05) is 6.54 Å². The molecule has 2 aromatic carbocycles. The fourth-order valence-corrected chi connectivity index (χ4v) is 3.05. The lowest BCUT2D eigenvalue weighted by Crippen LogP contribution is -2.13. The number of phenolic OH excluding ortho intramolecular Hbond substituents is 1. The summed E-state index contributed by atoms with van der Waals surface area (Å²) in [5, 5.41) is 10.7. The van der Waals surface area contributed by atoms with Gasteiger partial charge in [0.05, 0.1) is 16.5 Å². The van der Waals surface area contributed by atoms with Crippen molar-refractivity contribution < 1.29 is 9.52 Å². The zero-order valence-electron chi connectivity index (χ0n) is 14.4. The summed E-state index contributed by atoms with van der Waals surface area (Å²) in [6, 6.07) is 11.0. The fraction of sp³-hybridized carbons (Fsp3) is 0.250. The van der Waals surface area contributed by atoms with E-state index in [1.165, 1.54) is 0 Å². The Hall–Kier alpha value is -2.59. The first kappa shape index (κ1) is 16.3. The van der Waals surface area contributed by atoms with E-state index in [1.807, 2.05) is 50.2 Å². The third-order valence-electron chi connectivity index (χ3n) is 4.20. The minimum Gasteiger partial charge on any atom is -0.507 e. The molecule has 3 rings (SSSR count). The number of phenols is 1. The molecule has 0 amide bonds. The molecule has 24 heavy (non-hydrogen) atoms. The van der Waals surface area contributed by atoms with Crippen LogP contribution in [0.25, 0.3) is 22.1 Å². The lowest BCUT2D eigenvalue weighted by atomic mass is 9.97. The van der Waals surface area contributed by atoms with E-state index in [1.54, 1.807) is 19.1 Å². The average molecular weight is 323 g/mol. The number of aromatic hydroxyl groups is 1. The minimum atomic E-state index is -0.0666. The van der Waals surface area contributed by atoms with Crippen LogP contribution in [-0.4, -0.2) is 24.1 Å². The first-order valence-corrected chi connectivity index (χ1v) is 7.89. The SMILES string of the molecule is Cc1ccccc1-c1c(C)oc2c(CN(C)C)c(O)ccc2c1=O. The number of hydrogen-bond donors (Lipinski definition) is 1. The molecule has 0 fully saturated rings. The van der Waals surface area contributed by atoms with Crippen LogP contribution in [-0.2, 0) is 6.54 Å². The summed E-state index contributed by atoms with van der Waals surface area (Å²) in [7, 11) is 3.82. The molecule has 124 valence electrons. The van der Waals surface area contributed by atoms with E-state index in [9.17, 15) is 9.90 Å². The molecular formula is C20H21NO3. The summed E-state index contributed by atoms with van der Waals surface area (Å²) in [4.78, 5) is 15.0. The Kier molecular flexibility index (Phi) is 4.16. The van der Waals surface area contributed by atoms with Gasteiger partial charge in [0.25, 0.3) is 0 Å². The van der Waals surface area contributed by atoms with E-state index in [0.29, 0.717) is 34.4 Å². The summed E-state index contributed by atoms with van der Waals surface area (Å²) in [5.74, 6) is 0.704. The lowest BCUT2D eigenvalue weighted by Gasteiger charge is -2.15. The second-order valence-electron chi connectivity index (χ2n) is 6.36. The highest BCUT2D eigenvalue weighted by molar-refractivity contribution is 5.87. The van der Waals surface area contributed by atoms with Crippen LogP contribution in [0.3, 0.4) is 0 Å². The van der Waals surface area contributed by atoms with E-state index in [0.717, 1.165) is 11.1 Å². The van der Waals surface area contributed by atoms with Crippen LogP contribution in [0, 0.1) is 13.8 Å². The van der Waals surface area contributed by atoms with Gasteiger partial charge in [-0.15, -0.1) is 0 Å². The third kappa shape index (κ3) is 2.69. The van der Waals surface area contributed by atoms with Crippen molar-refractivity contribution in [3.05, 3.63) is 63.5 Å². The van der Waals surface area contributed by atoms with Gasteiger partial charge in [0.15, 0.2) is 0 Å². The van der Waals surface area contributed by atoms with Crippen LogP contribution in [0.1, 0.15) is 16.9 Å². The van der Waals surface area contributed by atoms with Crippen LogP contribution in [0.15, 0.2) is 45.6 Å². The van der Waals surface area contributed by atoms with Gasteiger partial charge in [0.1, 0.15) is 17.1 Å². The molecule has 0 aliphatic rings. The Labute approximate surface area is 141 Å². The Bertz CT molecular complexity index is 971. The molecule has 1 aromatic heterocycles. The van der Waals surface area contributed by atoms with Gasteiger partial charge in [-0.1, -0.05) is 24.3 Å². The Morgan fingerprint density at radius 2 is 1.79 bits per heavy atom. The molecule has 0 atom stereocenters. The molecule has 0 spiro atoms. The summed E-state index contributed by atoms with van der Waals surface area (Å²) in [6.07, 6.45) is 0. The first-order valence-electron chi connectivity index (χ1n) is 7.89. The molecular weight excluding hydrogens is 302 g/mol.